The first-order valence-corrected chi connectivity index (χ1v) is 11.1. The van der Waals surface area contributed by atoms with Gasteiger partial charge in [0.2, 0.25) is 0 Å². The molecule has 35 heavy (non-hydrogen) atoms. The highest BCUT2D eigenvalue weighted by atomic mass is 35.5. The summed E-state index contributed by atoms with van der Waals surface area (Å²) in [5, 5.41) is 35.6. The summed E-state index contributed by atoms with van der Waals surface area (Å²) in [5.41, 5.74) is 4.60. The van der Waals surface area contributed by atoms with Crippen LogP contribution in [0.15, 0.2) is 48.8 Å². The number of fused-ring (bicyclic) bond motifs is 1. The minimum atomic E-state index is -0.851. The van der Waals surface area contributed by atoms with E-state index in [0.29, 0.717) is 28.7 Å². The van der Waals surface area contributed by atoms with Crippen molar-refractivity contribution in [2.24, 2.45) is 0 Å². The first kappa shape index (κ1) is 22.5. The molecule has 0 aliphatic carbocycles. The molecule has 10 nitrogen and oxygen atoms in total. The van der Waals surface area contributed by atoms with E-state index in [9.17, 15) is 10.4 Å². The number of hydrogen-bond acceptors (Lipinski definition) is 8. The van der Waals surface area contributed by atoms with Crippen LogP contribution in [0.4, 0.5) is 11.5 Å². The standard InChI is InChI=1S/C24H20ClN9O/c1-13-4-7-21(31-30-13)28-16-5-6-20-19(9-16)27-12-33(20)22-10-18(15(3)35)23(25)24(29-22)34-14(2)8-17(11-26)32-34/h4-10,12,15,35H,1-3H3,(H,28,31). The van der Waals surface area contributed by atoms with Crippen molar-refractivity contribution in [2.75, 3.05) is 5.32 Å². The van der Waals surface area contributed by atoms with Gasteiger partial charge in [-0.15, -0.1) is 5.10 Å². The Kier molecular flexibility index (Phi) is 5.64. The monoisotopic (exact) mass is 485 g/mol. The number of nitrogens with one attached hydrogen (secondary N) is 1. The molecular formula is C24H20ClN9O. The molecule has 0 saturated carbocycles. The molecular weight excluding hydrogens is 466 g/mol. The third-order valence-electron chi connectivity index (χ3n) is 5.47. The number of benzene rings is 1. The smallest absolute Gasteiger partial charge is 0.175 e. The number of anilines is 2. The predicted octanol–water partition coefficient (Wildman–Crippen LogP) is 4.34. The second kappa shape index (κ2) is 8.79. The van der Waals surface area contributed by atoms with Gasteiger partial charge in [0.15, 0.2) is 17.3 Å². The molecule has 0 aliphatic rings. The van der Waals surface area contributed by atoms with Gasteiger partial charge in [-0.2, -0.15) is 15.5 Å². The number of pyridine rings is 1. The lowest BCUT2D eigenvalue weighted by atomic mass is 10.1. The van der Waals surface area contributed by atoms with E-state index in [2.05, 4.69) is 25.6 Å². The number of hydrogen-bond donors (Lipinski definition) is 2. The molecule has 5 aromatic rings. The van der Waals surface area contributed by atoms with Crippen LogP contribution >= 0.6 is 11.6 Å². The molecule has 0 amide bonds. The number of imidazole rings is 1. The van der Waals surface area contributed by atoms with Crippen LogP contribution in [0.1, 0.15) is 35.7 Å². The maximum absolute atomic E-state index is 10.4. The van der Waals surface area contributed by atoms with Crippen LogP contribution in [0.2, 0.25) is 5.02 Å². The molecule has 1 aromatic carbocycles. The number of aryl methyl sites for hydroxylation is 2. The van der Waals surface area contributed by atoms with Crippen LogP contribution < -0.4 is 5.32 Å². The SMILES string of the molecule is Cc1ccc(Nc2ccc3c(c2)ncn3-c2cc(C(C)O)c(Cl)c(-n3nc(C#N)cc3C)n2)nn1. The first-order valence-electron chi connectivity index (χ1n) is 10.7. The fourth-order valence-corrected chi connectivity index (χ4v) is 4.05. The Labute approximate surface area is 205 Å². The highest BCUT2D eigenvalue weighted by Gasteiger charge is 2.20. The Morgan fingerprint density at radius 2 is 1.94 bits per heavy atom. The Morgan fingerprint density at radius 3 is 2.63 bits per heavy atom. The molecule has 0 bridgehead atoms. The number of aromatic nitrogens is 7. The van der Waals surface area contributed by atoms with Gasteiger partial charge in [-0.3, -0.25) is 4.57 Å². The minimum absolute atomic E-state index is 0.246. The van der Waals surface area contributed by atoms with Gasteiger partial charge in [-0.05, 0) is 63.2 Å². The van der Waals surface area contributed by atoms with Crippen LogP contribution in [0.5, 0.6) is 0 Å². The summed E-state index contributed by atoms with van der Waals surface area (Å²) in [6, 6.07) is 14.8. The summed E-state index contributed by atoms with van der Waals surface area (Å²) >= 11 is 6.61. The van der Waals surface area contributed by atoms with E-state index in [1.807, 2.05) is 43.3 Å². The molecule has 4 heterocycles. The van der Waals surface area contributed by atoms with Gasteiger partial charge in [-0.1, -0.05) is 11.6 Å². The van der Waals surface area contributed by atoms with Crippen molar-refractivity contribution >= 4 is 34.1 Å². The number of halogens is 1. The Bertz CT molecular complexity index is 1600. The maximum Gasteiger partial charge on any atom is 0.175 e. The molecule has 5 rings (SSSR count). The summed E-state index contributed by atoms with van der Waals surface area (Å²) < 4.78 is 3.31. The number of nitrogens with zero attached hydrogens (tertiary/aromatic N) is 8. The van der Waals surface area contributed by atoms with Gasteiger partial charge < -0.3 is 10.4 Å². The molecule has 0 aliphatic heterocycles. The van der Waals surface area contributed by atoms with Gasteiger partial charge >= 0.3 is 0 Å². The summed E-state index contributed by atoms with van der Waals surface area (Å²) in [5.74, 6) is 1.45. The van der Waals surface area contributed by atoms with E-state index < -0.39 is 6.10 Å². The summed E-state index contributed by atoms with van der Waals surface area (Å²) in [6.07, 6.45) is 0.804. The van der Waals surface area contributed by atoms with Crippen molar-refractivity contribution in [3.63, 3.8) is 0 Å². The summed E-state index contributed by atoms with van der Waals surface area (Å²) in [7, 11) is 0. The van der Waals surface area contributed by atoms with E-state index >= 15 is 0 Å². The van der Waals surface area contributed by atoms with E-state index in [1.165, 1.54) is 4.68 Å². The number of nitriles is 1. The fraction of sp³-hybridized carbons (Fsp3) is 0.167. The number of rotatable bonds is 5. The Balaban J connectivity index is 1.59. The Hall–Kier alpha value is -4.33. The topological polar surface area (TPSA) is 130 Å². The third-order valence-corrected chi connectivity index (χ3v) is 5.86. The Morgan fingerprint density at radius 1 is 1.11 bits per heavy atom. The van der Waals surface area contributed by atoms with Crippen LogP contribution in [0.3, 0.4) is 0 Å². The lowest BCUT2D eigenvalue weighted by Gasteiger charge is -2.15. The van der Waals surface area contributed by atoms with E-state index in [0.717, 1.165) is 22.4 Å². The molecule has 174 valence electrons. The van der Waals surface area contributed by atoms with Gasteiger partial charge in [0.25, 0.3) is 0 Å². The zero-order valence-electron chi connectivity index (χ0n) is 19.1. The van der Waals surface area contributed by atoms with Crippen molar-refractivity contribution in [1.29, 1.82) is 5.26 Å². The number of aliphatic hydroxyl groups is 1. The van der Waals surface area contributed by atoms with Crippen molar-refractivity contribution in [3.8, 4) is 17.7 Å². The van der Waals surface area contributed by atoms with Crippen LogP contribution in [0.25, 0.3) is 22.7 Å². The molecule has 2 N–H and O–H groups in total. The maximum atomic E-state index is 10.4. The second-order valence-electron chi connectivity index (χ2n) is 8.08. The quantitative estimate of drug-likeness (QED) is 0.376. The zero-order chi connectivity index (χ0) is 24.7. The molecule has 0 radical (unpaired) electrons. The summed E-state index contributed by atoms with van der Waals surface area (Å²) in [4.78, 5) is 9.25. The fourth-order valence-electron chi connectivity index (χ4n) is 3.72. The van der Waals surface area contributed by atoms with E-state index in [4.69, 9.17) is 16.6 Å². The van der Waals surface area contributed by atoms with E-state index in [-0.39, 0.29) is 10.7 Å². The van der Waals surface area contributed by atoms with Gasteiger partial charge in [0, 0.05) is 16.9 Å². The number of aliphatic hydroxyl groups excluding tert-OH is 1. The van der Waals surface area contributed by atoms with Crippen molar-refractivity contribution < 1.29 is 5.11 Å². The van der Waals surface area contributed by atoms with Crippen molar-refractivity contribution in [3.05, 3.63) is 76.5 Å². The molecule has 4 aromatic heterocycles. The first-order chi connectivity index (χ1) is 16.8. The molecule has 1 atom stereocenters. The lowest BCUT2D eigenvalue weighted by molar-refractivity contribution is 0.199. The van der Waals surface area contributed by atoms with Crippen molar-refractivity contribution in [2.45, 2.75) is 26.9 Å². The molecule has 0 fully saturated rings. The highest BCUT2D eigenvalue weighted by Crippen LogP contribution is 2.32. The van der Waals surface area contributed by atoms with Crippen LogP contribution in [0, 0.1) is 25.2 Å². The zero-order valence-corrected chi connectivity index (χ0v) is 19.9. The van der Waals surface area contributed by atoms with Crippen LogP contribution in [-0.4, -0.2) is 39.6 Å². The minimum Gasteiger partial charge on any atom is -0.389 e. The summed E-state index contributed by atoms with van der Waals surface area (Å²) in [6.45, 7) is 5.31. The van der Waals surface area contributed by atoms with Crippen LogP contribution in [-0.2, 0) is 0 Å². The van der Waals surface area contributed by atoms with Gasteiger partial charge in [-0.25, -0.2) is 14.6 Å². The predicted molar refractivity (Wildman–Crippen MR) is 131 cm³/mol. The molecule has 0 spiro atoms. The largest absolute Gasteiger partial charge is 0.389 e. The highest BCUT2D eigenvalue weighted by molar-refractivity contribution is 6.33. The molecule has 11 heteroatoms. The van der Waals surface area contributed by atoms with Gasteiger partial charge in [0.05, 0.1) is 27.9 Å². The normalized spacial score (nSPS) is 12.0. The van der Waals surface area contributed by atoms with Gasteiger partial charge in [0.1, 0.15) is 18.2 Å². The molecule has 1 unspecified atom stereocenters. The average molecular weight is 486 g/mol. The van der Waals surface area contributed by atoms with E-state index in [1.54, 1.807) is 36.9 Å². The third kappa shape index (κ3) is 4.19. The average Bonchev–Trinajstić information content (AvgIpc) is 3.43. The molecule has 0 saturated heterocycles. The second-order valence-corrected chi connectivity index (χ2v) is 8.46. The van der Waals surface area contributed by atoms with Crippen molar-refractivity contribution in [1.82, 2.24) is 34.5 Å². The lowest BCUT2D eigenvalue weighted by Crippen LogP contribution is -2.09.